The number of allylic oxidation sites excluding steroid dienone is 2. The van der Waals surface area contributed by atoms with Crippen molar-refractivity contribution in [3.8, 4) is 5.75 Å². The number of halogens is 1. The van der Waals surface area contributed by atoms with Gasteiger partial charge in [-0.2, -0.15) is 0 Å². The number of rotatable bonds is 9. The maximum Gasteiger partial charge on any atom is 0.303 e. The zero-order valence-electron chi connectivity index (χ0n) is 15.5. The summed E-state index contributed by atoms with van der Waals surface area (Å²) in [5.41, 5.74) is 2.18. The lowest BCUT2D eigenvalue weighted by atomic mass is 9.92. The molecule has 0 bridgehead atoms. The van der Waals surface area contributed by atoms with E-state index in [2.05, 4.69) is 6.08 Å². The fraction of sp³-hybridized carbons (Fsp3) is 0.571. The number of aryl methyl sites for hydroxylation is 2. The Labute approximate surface area is 160 Å². The molecule has 26 heavy (non-hydrogen) atoms. The summed E-state index contributed by atoms with van der Waals surface area (Å²) in [5.74, 6) is 0.287. The zero-order chi connectivity index (χ0) is 19.1. The molecular weight excluding hydrogens is 352 g/mol. The van der Waals surface area contributed by atoms with E-state index in [0.29, 0.717) is 19.4 Å². The van der Waals surface area contributed by atoms with Crippen LogP contribution in [-0.2, 0) is 4.79 Å². The Morgan fingerprint density at radius 1 is 1.27 bits per heavy atom. The molecule has 2 N–H and O–H groups in total. The maximum atomic E-state index is 10.5. The summed E-state index contributed by atoms with van der Waals surface area (Å²) in [6.45, 7) is 4.50. The number of aliphatic carboxylic acids is 1. The standard InChI is InChI=1S/C21H29ClO4/c1-14-8-7-9-15(2)21(14)26-13-17-16(18(22)12-19(17)23)10-5-3-4-6-11-20(24)25/h3,5,7-9,16-19,23H,4,6,10-13H2,1-2H3,(H,24,25)/b5-3-/t16-,17-,18-,19-/m1/s1. The third-order valence-corrected chi connectivity index (χ3v) is 5.64. The SMILES string of the molecule is Cc1cccc(C)c1OC[C@@H]1[C@@H](C/C=C\CCCC(=O)O)[C@H](Cl)C[C@H]1O. The molecule has 2 rings (SSSR count). The largest absolute Gasteiger partial charge is 0.493 e. The van der Waals surface area contributed by atoms with Gasteiger partial charge in [0.05, 0.1) is 12.7 Å². The van der Waals surface area contributed by atoms with Gasteiger partial charge in [-0.1, -0.05) is 30.4 Å². The molecule has 4 atom stereocenters. The summed E-state index contributed by atoms with van der Waals surface area (Å²) < 4.78 is 6.06. The van der Waals surface area contributed by atoms with Crippen LogP contribution in [0, 0.1) is 25.7 Å². The molecule has 1 fully saturated rings. The molecule has 1 aromatic carbocycles. The molecule has 1 aliphatic rings. The van der Waals surface area contributed by atoms with E-state index in [1.165, 1.54) is 0 Å². The maximum absolute atomic E-state index is 10.5. The predicted molar refractivity (Wildman–Crippen MR) is 104 cm³/mol. The molecule has 0 saturated heterocycles. The number of unbranched alkanes of at least 4 members (excludes halogenated alkanes) is 1. The van der Waals surface area contributed by atoms with Gasteiger partial charge in [-0.25, -0.2) is 0 Å². The van der Waals surface area contributed by atoms with Gasteiger partial charge in [0.2, 0.25) is 0 Å². The molecule has 0 aliphatic heterocycles. The first-order chi connectivity index (χ1) is 12.4. The number of carbonyl (C=O) groups is 1. The van der Waals surface area contributed by atoms with Crippen LogP contribution in [0.5, 0.6) is 5.75 Å². The first-order valence-corrected chi connectivity index (χ1v) is 9.71. The lowest BCUT2D eigenvalue weighted by molar-refractivity contribution is -0.137. The minimum atomic E-state index is -0.762. The summed E-state index contributed by atoms with van der Waals surface area (Å²) in [5, 5.41) is 19.0. The summed E-state index contributed by atoms with van der Waals surface area (Å²) in [4.78, 5) is 10.5. The van der Waals surface area contributed by atoms with Gasteiger partial charge in [0.1, 0.15) is 5.75 Å². The van der Waals surface area contributed by atoms with Crippen LogP contribution in [0.2, 0.25) is 0 Å². The van der Waals surface area contributed by atoms with Gasteiger partial charge in [-0.05, 0) is 56.6 Å². The van der Waals surface area contributed by atoms with E-state index in [1.807, 2.05) is 38.1 Å². The normalized spacial score (nSPS) is 25.7. The highest BCUT2D eigenvalue weighted by Gasteiger charge is 2.41. The number of hydrogen-bond donors (Lipinski definition) is 2. The second-order valence-corrected chi connectivity index (χ2v) is 7.73. The number of para-hydroxylation sites is 1. The summed E-state index contributed by atoms with van der Waals surface area (Å²) in [6, 6.07) is 6.05. The third kappa shape index (κ3) is 5.75. The van der Waals surface area contributed by atoms with Gasteiger partial charge >= 0.3 is 5.97 Å². The van der Waals surface area contributed by atoms with E-state index in [0.717, 1.165) is 29.7 Å². The van der Waals surface area contributed by atoms with Crippen molar-refractivity contribution in [2.75, 3.05) is 6.61 Å². The fourth-order valence-electron chi connectivity index (χ4n) is 3.64. The monoisotopic (exact) mass is 380 g/mol. The van der Waals surface area contributed by atoms with E-state index in [-0.39, 0.29) is 23.6 Å². The number of alkyl halides is 1. The number of carboxylic acid groups (broad SMARTS) is 1. The van der Waals surface area contributed by atoms with Crippen LogP contribution in [0.1, 0.15) is 43.2 Å². The molecule has 0 radical (unpaired) electrons. The molecule has 144 valence electrons. The third-order valence-electron chi connectivity index (χ3n) is 5.14. The molecule has 1 saturated carbocycles. The summed E-state index contributed by atoms with van der Waals surface area (Å²) in [6.07, 6.45) is 6.57. The van der Waals surface area contributed by atoms with Crippen molar-refractivity contribution in [2.24, 2.45) is 11.8 Å². The smallest absolute Gasteiger partial charge is 0.303 e. The van der Waals surface area contributed by atoms with E-state index >= 15 is 0 Å². The number of benzene rings is 1. The molecule has 4 nitrogen and oxygen atoms in total. The lowest BCUT2D eigenvalue weighted by Gasteiger charge is -2.23. The lowest BCUT2D eigenvalue weighted by Crippen LogP contribution is -2.27. The molecule has 5 heteroatoms. The molecule has 1 aromatic rings. The van der Waals surface area contributed by atoms with E-state index < -0.39 is 12.1 Å². The average molecular weight is 381 g/mol. The molecule has 1 aliphatic carbocycles. The van der Waals surface area contributed by atoms with Crippen molar-refractivity contribution in [3.63, 3.8) is 0 Å². The van der Waals surface area contributed by atoms with Crippen LogP contribution in [0.25, 0.3) is 0 Å². The van der Waals surface area contributed by atoms with Gasteiger partial charge < -0.3 is 14.9 Å². The Morgan fingerprint density at radius 2 is 1.96 bits per heavy atom. The van der Waals surface area contributed by atoms with Crippen molar-refractivity contribution in [1.29, 1.82) is 0 Å². The van der Waals surface area contributed by atoms with Gasteiger partial charge in [-0.15, -0.1) is 11.6 Å². The van der Waals surface area contributed by atoms with Crippen molar-refractivity contribution in [3.05, 3.63) is 41.5 Å². The molecule has 0 spiro atoms. The number of ether oxygens (including phenoxy) is 1. The number of aliphatic hydroxyl groups excluding tert-OH is 1. The molecule has 0 heterocycles. The van der Waals surface area contributed by atoms with Crippen LogP contribution < -0.4 is 4.74 Å². The Kier molecular flexibility index (Phi) is 7.98. The molecule has 0 unspecified atom stereocenters. The van der Waals surface area contributed by atoms with Crippen LogP contribution in [0.4, 0.5) is 0 Å². The first kappa shape index (κ1) is 20.8. The van der Waals surface area contributed by atoms with Crippen molar-refractivity contribution in [1.82, 2.24) is 0 Å². The molecule has 0 aromatic heterocycles. The number of aliphatic hydroxyl groups is 1. The van der Waals surface area contributed by atoms with Gasteiger partial charge in [0.25, 0.3) is 0 Å². The second kappa shape index (κ2) is 9.98. The van der Waals surface area contributed by atoms with Gasteiger partial charge in [0, 0.05) is 17.7 Å². The average Bonchev–Trinajstić information content (AvgIpc) is 2.83. The summed E-state index contributed by atoms with van der Waals surface area (Å²) in [7, 11) is 0. The van der Waals surface area contributed by atoms with Gasteiger partial charge in [-0.3, -0.25) is 4.79 Å². The van der Waals surface area contributed by atoms with Crippen LogP contribution >= 0.6 is 11.6 Å². The van der Waals surface area contributed by atoms with Crippen molar-refractivity contribution in [2.45, 2.75) is 57.4 Å². The Balaban J connectivity index is 1.90. The van der Waals surface area contributed by atoms with E-state index in [1.54, 1.807) is 0 Å². The van der Waals surface area contributed by atoms with Crippen LogP contribution in [0.15, 0.2) is 30.4 Å². The minimum absolute atomic E-state index is 0.000163. The second-order valence-electron chi connectivity index (χ2n) is 7.17. The fourth-order valence-corrected chi connectivity index (χ4v) is 4.11. The van der Waals surface area contributed by atoms with Crippen molar-refractivity contribution >= 4 is 17.6 Å². The highest BCUT2D eigenvalue weighted by atomic mass is 35.5. The Bertz CT molecular complexity index is 608. The van der Waals surface area contributed by atoms with E-state index in [9.17, 15) is 9.90 Å². The first-order valence-electron chi connectivity index (χ1n) is 9.28. The van der Waals surface area contributed by atoms with Crippen molar-refractivity contribution < 1.29 is 19.7 Å². The van der Waals surface area contributed by atoms with Crippen LogP contribution in [-0.4, -0.2) is 34.3 Å². The summed E-state index contributed by atoms with van der Waals surface area (Å²) >= 11 is 6.47. The highest BCUT2D eigenvalue weighted by molar-refractivity contribution is 6.21. The highest BCUT2D eigenvalue weighted by Crippen LogP contribution is 2.39. The topological polar surface area (TPSA) is 66.8 Å². The number of hydrogen-bond acceptors (Lipinski definition) is 3. The quantitative estimate of drug-likeness (QED) is 0.376. The predicted octanol–water partition coefficient (Wildman–Crippen LogP) is 4.49. The molecule has 0 amide bonds. The Hall–Kier alpha value is -1.52. The minimum Gasteiger partial charge on any atom is -0.493 e. The number of carboxylic acids is 1. The Morgan fingerprint density at radius 3 is 2.62 bits per heavy atom. The van der Waals surface area contributed by atoms with Crippen LogP contribution in [0.3, 0.4) is 0 Å². The zero-order valence-corrected chi connectivity index (χ0v) is 16.3. The van der Waals surface area contributed by atoms with Gasteiger partial charge in [0.15, 0.2) is 0 Å². The van der Waals surface area contributed by atoms with E-state index in [4.69, 9.17) is 21.4 Å². The molecular formula is C21H29ClO4.